The Balaban J connectivity index is 1.91. The zero-order valence-electron chi connectivity index (χ0n) is 15.9. The number of likely N-dealkylation sites (tertiary alicyclic amines) is 1. The summed E-state index contributed by atoms with van der Waals surface area (Å²) < 4.78 is 5.26. The molecule has 1 aromatic carbocycles. The van der Waals surface area contributed by atoms with Crippen molar-refractivity contribution in [3.8, 4) is 0 Å². The summed E-state index contributed by atoms with van der Waals surface area (Å²) in [6.07, 6.45) is 0.961. The molecule has 0 radical (unpaired) electrons. The van der Waals surface area contributed by atoms with Crippen LogP contribution in [0.25, 0.3) is 0 Å². The van der Waals surface area contributed by atoms with Crippen LogP contribution in [-0.2, 0) is 9.53 Å². The van der Waals surface area contributed by atoms with Crippen LogP contribution in [0.1, 0.15) is 26.7 Å². The Morgan fingerprint density at radius 1 is 1.31 bits per heavy atom. The average Bonchev–Trinajstić information content (AvgIpc) is 2.59. The van der Waals surface area contributed by atoms with Crippen molar-refractivity contribution < 1.29 is 14.3 Å². The number of nitrogens with zero attached hydrogens (tertiary/aromatic N) is 2. The summed E-state index contributed by atoms with van der Waals surface area (Å²) in [5, 5.41) is 3.56. The van der Waals surface area contributed by atoms with E-state index in [1.807, 2.05) is 38.9 Å². The Bertz CT molecular complexity index is 641. The fourth-order valence-corrected chi connectivity index (χ4v) is 3.06. The molecule has 0 saturated carbocycles. The van der Waals surface area contributed by atoms with Crippen LogP contribution in [0.3, 0.4) is 0 Å². The van der Waals surface area contributed by atoms with Crippen LogP contribution in [0, 0.1) is 11.8 Å². The van der Waals surface area contributed by atoms with E-state index in [1.165, 1.54) is 0 Å². The summed E-state index contributed by atoms with van der Waals surface area (Å²) >= 11 is 6.07. The second-order valence-corrected chi connectivity index (χ2v) is 7.71. The monoisotopic (exact) mass is 381 g/mol. The number of nitrogens with one attached hydrogen (secondary N) is 1. The number of rotatable bonds is 5. The Kier molecular flexibility index (Phi) is 7.14. The summed E-state index contributed by atoms with van der Waals surface area (Å²) in [5.74, 6) is 0.148. The van der Waals surface area contributed by atoms with E-state index in [9.17, 15) is 9.59 Å². The number of hydrogen-bond acceptors (Lipinski definition) is 4. The number of carbonyl (C=O) groups excluding carboxylic acids is 2. The van der Waals surface area contributed by atoms with E-state index < -0.39 is 0 Å². The third kappa shape index (κ3) is 5.53. The lowest BCUT2D eigenvalue weighted by atomic mass is 9.96. The topological polar surface area (TPSA) is 61.9 Å². The van der Waals surface area contributed by atoms with Crippen LogP contribution in [0.5, 0.6) is 0 Å². The molecule has 0 atom stereocenters. The second kappa shape index (κ2) is 9.12. The number of hydrogen-bond donors (Lipinski definition) is 1. The third-order valence-corrected chi connectivity index (χ3v) is 4.60. The van der Waals surface area contributed by atoms with Crippen LogP contribution in [0.2, 0.25) is 5.02 Å². The van der Waals surface area contributed by atoms with Crippen molar-refractivity contribution in [2.45, 2.75) is 26.7 Å². The maximum atomic E-state index is 12.6. The largest absolute Gasteiger partial charge is 0.449 e. The smallest absolute Gasteiger partial charge is 0.409 e. The van der Waals surface area contributed by atoms with Crippen LogP contribution in [0.15, 0.2) is 18.2 Å². The highest BCUT2D eigenvalue weighted by Crippen LogP contribution is 2.29. The van der Waals surface area contributed by atoms with Gasteiger partial charge in [0, 0.05) is 38.1 Å². The molecule has 1 aliphatic heterocycles. The molecule has 144 valence electrons. The summed E-state index contributed by atoms with van der Waals surface area (Å²) in [5.41, 5.74) is 1.60. The van der Waals surface area contributed by atoms with Gasteiger partial charge in [0.25, 0.3) is 0 Å². The average molecular weight is 382 g/mol. The maximum Gasteiger partial charge on any atom is 0.409 e. The van der Waals surface area contributed by atoms with Gasteiger partial charge in [0.15, 0.2) is 0 Å². The molecular weight excluding hydrogens is 354 g/mol. The standard InChI is InChI=1S/C19H28ClN3O3/c1-13(2)12-26-19(25)23-9-7-14(8-10-23)18(24)21-16-11-15(20)5-6-17(16)22(3)4/h5-6,11,13-14H,7-10,12H2,1-4H3,(H,21,24). The molecule has 1 N–H and O–H groups in total. The van der Waals surface area contributed by atoms with E-state index in [0.29, 0.717) is 49.2 Å². The maximum absolute atomic E-state index is 12.6. The lowest BCUT2D eigenvalue weighted by molar-refractivity contribution is -0.121. The van der Waals surface area contributed by atoms with Crippen molar-refractivity contribution in [1.29, 1.82) is 0 Å². The van der Waals surface area contributed by atoms with Gasteiger partial charge in [-0.3, -0.25) is 4.79 Å². The van der Waals surface area contributed by atoms with Gasteiger partial charge in [0.2, 0.25) is 5.91 Å². The molecule has 1 aromatic rings. The molecule has 6 nitrogen and oxygen atoms in total. The minimum atomic E-state index is -0.290. The summed E-state index contributed by atoms with van der Waals surface area (Å²) in [4.78, 5) is 28.3. The molecule has 0 spiro atoms. The highest BCUT2D eigenvalue weighted by molar-refractivity contribution is 6.31. The number of benzene rings is 1. The molecule has 2 amide bonds. The van der Waals surface area contributed by atoms with Gasteiger partial charge in [-0.05, 0) is 37.0 Å². The van der Waals surface area contributed by atoms with Crippen LogP contribution < -0.4 is 10.2 Å². The number of anilines is 2. The normalized spacial score (nSPS) is 15.1. The first-order valence-electron chi connectivity index (χ1n) is 8.97. The number of ether oxygens (including phenoxy) is 1. The highest BCUT2D eigenvalue weighted by Gasteiger charge is 2.28. The highest BCUT2D eigenvalue weighted by atomic mass is 35.5. The van der Waals surface area contributed by atoms with Crippen molar-refractivity contribution >= 4 is 35.0 Å². The quantitative estimate of drug-likeness (QED) is 0.841. The van der Waals surface area contributed by atoms with Crippen LogP contribution in [-0.4, -0.2) is 50.7 Å². The van der Waals surface area contributed by atoms with Crippen LogP contribution in [0.4, 0.5) is 16.2 Å². The lowest BCUT2D eigenvalue weighted by Gasteiger charge is -2.31. The van der Waals surface area contributed by atoms with Crippen molar-refractivity contribution in [3.05, 3.63) is 23.2 Å². The van der Waals surface area contributed by atoms with Gasteiger partial charge in [-0.25, -0.2) is 4.79 Å². The number of halogens is 1. The Morgan fingerprint density at radius 2 is 1.96 bits per heavy atom. The zero-order chi connectivity index (χ0) is 19.3. The fraction of sp³-hybridized carbons (Fsp3) is 0.579. The van der Waals surface area contributed by atoms with Crippen molar-refractivity contribution in [1.82, 2.24) is 4.90 Å². The molecule has 1 fully saturated rings. The van der Waals surface area contributed by atoms with Crippen molar-refractivity contribution in [2.75, 3.05) is 44.0 Å². The van der Waals surface area contributed by atoms with Gasteiger partial charge < -0.3 is 19.9 Å². The first-order valence-corrected chi connectivity index (χ1v) is 9.35. The van der Waals surface area contributed by atoms with Gasteiger partial charge in [0.1, 0.15) is 0 Å². The first kappa shape index (κ1) is 20.4. The minimum absolute atomic E-state index is 0.0365. The minimum Gasteiger partial charge on any atom is -0.449 e. The number of amides is 2. The van der Waals surface area contributed by atoms with Crippen molar-refractivity contribution in [3.63, 3.8) is 0 Å². The second-order valence-electron chi connectivity index (χ2n) is 7.28. The molecule has 7 heteroatoms. The van der Waals surface area contributed by atoms with Crippen LogP contribution >= 0.6 is 11.6 Å². The molecule has 0 bridgehead atoms. The van der Waals surface area contributed by atoms with Gasteiger partial charge in [-0.15, -0.1) is 0 Å². The number of piperidine rings is 1. The molecule has 0 aromatic heterocycles. The predicted molar refractivity (Wildman–Crippen MR) is 105 cm³/mol. The molecule has 0 aliphatic carbocycles. The fourth-order valence-electron chi connectivity index (χ4n) is 2.89. The third-order valence-electron chi connectivity index (χ3n) is 4.36. The van der Waals surface area contributed by atoms with E-state index in [-0.39, 0.29) is 17.9 Å². The van der Waals surface area contributed by atoms with Gasteiger partial charge in [0.05, 0.1) is 18.0 Å². The van der Waals surface area contributed by atoms with Crippen molar-refractivity contribution in [2.24, 2.45) is 11.8 Å². The molecule has 2 rings (SSSR count). The van der Waals surface area contributed by atoms with E-state index in [4.69, 9.17) is 16.3 Å². The summed E-state index contributed by atoms with van der Waals surface area (Å²) in [7, 11) is 3.83. The summed E-state index contributed by atoms with van der Waals surface area (Å²) in [6.45, 7) is 5.49. The van der Waals surface area contributed by atoms with E-state index in [0.717, 1.165) is 5.69 Å². The molecule has 1 heterocycles. The van der Waals surface area contributed by atoms with Gasteiger partial charge in [-0.2, -0.15) is 0 Å². The van der Waals surface area contributed by atoms with E-state index in [2.05, 4.69) is 5.32 Å². The zero-order valence-corrected chi connectivity index (χ0v) is 16.7. The number of carbonyl (C=O) groups is 2. The Hall–Kier alpha value is -1.95. The molecule has 1 aliphatic rings. The molecule has 0 unspecified atom stereocenters. The molecule has 1 saturated heterocycles. The molecule has 26 heavy (non-hydrogen) atoms. The SMILES string of the molecule is CC(C)COC(=O)N1CCC(C(=O)Nc2cc(Cl)ccc2N(C)C)CC1. The van der Waals surface area contributed by atoms with E-state index >= 15 is 0 Å². The summed E-state index contributed by atoms with van der Waals surface area (Å²) in [6, 6.07) is 5.44. The Morgan fingerprint density at radius 3 is 2.54 bits per heavy atom. The first-order chi connectivity index (χ1) is 12.3. The molecular formula is C19H28ClN3O3. The van der Waals surface area contributed by atoms with E-state index in [1.54, 1.807) is 17.0 Å². The van der Waals surface area contributed by atoms with Gasteiger partial charge >= 0.3 is 6.09 Å². The lowest BCUT2D eigenvalue weighted by Crippen LogP contribution is -2.42. The predicted octanol–water partition coefficient (Wildman–Crippen LogP) is 3.85. The Labute approximate surface area is 160 Å². The van der Waals surface area contributed by atoms with Gasteiger partial charge in [-0.1, -0.05) is 25.4 Å².